The van der Waals surface area contributed by atoms with E-state index >= 15 is 0 Å². The predicted octanol–water partition coefficient (Wildman–Crippen LogP) is 1.06. The number of ether oxygens (including phenoxy) is 1. The molecule has 0 saturated heterocycles. The standard InChI is InChI=1S/C16H27N3O4S/c1-6-19(7-2)24(21,22)15-10-13(8-9-14(15)23-5)16(20)18-11-12(3)17-4/h8-10,12,17H,6-7,11H2,1-5H3,(H,18,20). The van der Waals surface area contributed by atoms with Crippen LogP contribution in [0.3, 0.4) is 0 Å². The second-order valence-corrected chi connectivity index (χ2v) is 7.26. The fourth-order valence-corrected chi connectivity index (χ4v) is 3.81. The molecule has 1 amide bonds. The van der Waals surface area contributed by atoms with Gasteiger partial charge in [-0.05, 0) is 32.2 Å². The van der Waals surface area contributed by atoms with E-state index in [1.165, 1.54) is 23.5 Å². The van der Waals surface area contributed by atoms with Gasteiger partial charge in [-0.2, -0.15) is 4.31 Å². The number of carbonyl (C=O) groups is 1. The molecule has 1 rings (SSSR count). The molecule has 1 atom stereocenters. The Morgan fingerprint density at radius 3 is 2.42 bits per heavy atom. The van der Waals surface area contributed by atoms with Gasteiger partial charge in [0.25, 0.3) is 5.91 Å². The molecule has 8 heteroatoms. The summed E-state index contributed by atoms with van der Waals surface area (Å²) < 4.78 is 32.0. The molecule has 0 aromatic heterocycles. The molecule has 0 aliphatic carbocycles. The topological polar surface area (TPSA) is 87.7 Å². The van der Waals surface area contributed by atoms with Crippen molar-refractivity contribution in [3.63, 3.8) is 0 Å². The Bertz CT molecular complexity index is 657. The lowest BCUT2D eigenvalue weighted by Gasteiger charge is -2.20. The second kappa shape index (κ2) is 9.00. The van der Waals surface area contributed by atoms with Crippen molar-refractivity contribution < 1.29 is 17.9 Å². The first kappa shape index (κ1) is 20.4. The molecule has 0 saturated carbocycles. The highest BCUT2D eigenvalue weighted by Crippen LogP contribution is 2.27. The molecule has 0 heterocycles. The second-order valence-electron chi connectivity index (χ2n) is 5.35. The minimum Gasteiger partial charge on any atom is -0.495 e. The van der Waals surface area contributed by atoms with Gasteiger partial charge >= 0.3 is 0 Å². The fourth-order valence-electron chi connectivity index (χ4n) is 2.17. The summed E-state index contributed by atoms with van der Waals surface area (Å²) in [6.07, 6.45) is 0. The maximum Gasteiger partial charge on any atom is 0.251 e. The zero-order valence-electron chi connectivity index (χ0n) is 14.9. The highest BCUT2D eigenvalue weighted by atomic mass is 32.2. The van der Waals surface area contributed by atoms with E-state index < -0.39 is 10.0 Å². The Morgan fingerprint density at radius 1 is 1.29 bits per heavy atom. The van der Waals surface area contributed by atoms with Gasteiger partial charge in [0.15, 0.2) is 0 Å². The summed E-state index contributed by atoms with van der Waals surface area (Å²) in [5, 5.41) is 5.79. The Morgan fingerprint density at radius 2 is 1.92 bits per heavy atom. The number of likely N-dealkylation sites (N-methyl/N-ethyl adjacent to an activating group) is 1. The molecule has 0 aliphatic heterocycles. The average Bonchev–Trinajstić information content (AvgIpc) is 2.59. The highest BCUT2D eigenvalue weighted by Gasteiger charge is 2.26. The number of carbonyl (C=O) groups excluding carboxylic acids is 1. The summed E-state index contributed by atoms with van der Waals surface area (Å²) in [6, 6.07) is 4.55. The molecule has 1 aromatic rings. The van der Waals surface area contributed by atoms with Crippen LogP contribution in [0.1, 0.15) is 31.1 Å². The Labute approximate surface area is 144 Å². The van der Waals surface area contributed by atoms with Crippen molar-refractivity contribution in [3.05, 3.63) is 23.8 Å². The number of amides is 1. The van der Waals surface area contributed by atoms with E-state index in [9.17, 15) is 13.2 Å². The summed E-state index contributed by atoms with van der Waals surface area (Å²) in [5.74, 6) is -0.0993. The van der Waals surface area contributed by atoms with Crippen LogP contribution in [-0.2, 0) is 10.0 Å². The third kappa shape index (κ3) is 4.68. The first-order chi connectivity index (χ1) is 11.3. The van der Waals surface area contributed by atoms with Crippen molar-refractivity contribution in [1.29, 1.82) is 0 Å². The van der Waals surface area contributed by atoms with Crippen molar-refractivity contribution in [1.82, 2.24) is 14.9 Å². The van der Waals surface area contributed by atoms with Gasteiger partial charge in [0.05, 0.1) is 7.11 Å². The lowest BCUT2D eigenvalue weighted by atomic mass is 10.2. The smallest absolute Gasteiger partial charge is 0.251 e. The molecule has 2 N–H and O–H groups in total. The SMILES string of the molecule is CCN(CC)S(=O)(=O)c1cc(C(=O)NCC(C)NC)ccc1OC. The van der Waals surface area contributed by atoms with Gasteiger partial charge in [-0.3, -0.25) is 4.79 Å². The molecule has 0 radical (unpaired) electrons. The quantitative estimate of drug-likeness (QED) is 0.690. The molecule has 136 valence electrons. The number of methoxy groups -OCH3 is 1. The number of rotatable bonds is 9. The van der Waals surface area contributed by atoms with E-state index in [4.69, 9.17) is 4.74 Å². The van der Waals surface area contributed by atoms with E-state index in [0.717, 1.165) is 0 Å². The lowest BCUT2D eigenvalue weighted by molar-refractivity contribution is 0.0950. The summed E-state index contributed by atoms with van der Waals surface area (Å²) >= 11 is 0. The van der Waals surface area contributed by atoms with Gasteiger partial charge < -0.3 is 15.4 Å². The number of hydrogen-bond donors (Lipinski definition) is 2. The molecule has 0 bridgehead atoms. The molecule has 1 unspecified atom stereocenters. The van der Waals surface area contributed by atoms with Crippen LogP contribution >= 0.6 is 0 Å². The minimum absolute atomic E-state index is 0.00279. The number of sulfonamides is 1. The molecule has 0 spiro atoms. The third-order valence-electron chi connectivity index (χ3n) is 3.81. The first-order valence-electron chi connectivity index (χ1n) is 7.95. The van der Waals surface area contributed by atoms with Crippen LogP contribution in [0.2, 0.25) is 0 Å². The van der Waals surface area contributed by atoms with E-state index in [1.807, 2.05) is 6.92 Å². The largest absolute Gasteiger partial charge is 0.495 e. The molecule has 1 aromatic carbocycles. The molecule has 0 fully saturated rings. The van der Waals surface area contributed by atoms with Gasteiger partial charge in [0, 0.05) is 31.2 Å². The number of benzene rings is 1. The molecule has 0 aliphatic rings. The van der Waals surface area contributed by atoms with Crippen LogP contribution in [-0.4, -0.2) is 58.5 Å². The van der Waals surface area contributed by atoms with Gasteiger partial charge in [0.2, 0.25) is 10.0 Å². The van der Waals surface area contributed by atoms with Crippen molar-refractivity contribution in [2.24, 2.45) is 0 Å². The Balaban J connectivity index is 3.19. The first-order valence-corrected chi connectivity index (χ1v) is 9.39. The maximum atomic E-state index is 12.8. The normalized spacial score (nSPS) is 12.9. The van der Waals surface area contributed by atoms with Crippen LogP contribution in [0.15, 0.2) is 23.1 Å². The van der Waals surface area contributed by atoms with E-state index in [0.29, 0.717) is 19.6 Å². The van der Waals surface area contributed by atoms with Gasteiger partial charge in [0.1, 0.15) is 10.6 Å². The summed E-state index contributed by atoms with van der Waals surface area (Å²) in [7, 11) is -0.508. The van der Waals surface area contributed by atoms with Crippen LogP contribution in [0.25, 0.3) is 0 Å². The van der Waals surface area contributed by atoms with Gasteiger partial charge in [-0.15, -0.1) is 0 Å². The Kier molecular flexibility index (Phi) is 7.65. The predicted molar refractivity (Wildman–Crippen MR) is 94.0 cm³/mol. The average molecular weight is 357 g/mol. The van der Waals surface area contributed by atoms with Crippen LogP contribution in [0.5, 0.6) is 5.75 Å². The van der Waals surface area contributed by atoms with E-state index in [1.54, 1.807) is 27.0 Å². The van der Waals surface area contributed by atoms with Crippen molar-refractivity contribution in [2.45, 2.75) is 31.7 Å². The monoisotopic (exact) mass is 357 g/mol. The van der Waals surface area contributed by atoms with Crippen molar-refractivity contribution in [3.8, 4) is 5.75 Å². The fraction of sp³-hybridized carbons (Fsp3) is 0.562. The van der Waals surface area contributed by atoms with E-state index in [2.05, 4.69) is 10.6 Å². The maximum absolute atomic E-state index is 12.8. The summed E-state index contributed by atoms with van der Waals surface area (Å²) in [4.78, 5) is 12.3. The van der Waals surface area contributed by atoms with Crippen LogP contribution in [0.4, 0.5) is 0 Å². The number of hydrogen-bond acceptors (Lipinski definition) is 5. The summed E-state index contributed by atoms with van der Waals surface area (Å²) in [6.45, 7) is 6.60. The number of nitrogens with zero attached hydrogens (tertiary/aromatic N) is 1. The molecular weight excluding hydrogens is 330 g/mol. The van der Waals surface area contributed by atoms with E-state index in [-0.39, 0.29) is 28.2 Å². The zero-order chi connectivity index (χ0) is 18.3. The van der Waals surface area contributed by atoms with Gasteiger partial charge in [-0.25, -0.2) is 8.42 Å². The van der Waals surface area contributed by atoms with Crippen molar-refractivity contribution in [2.75, 3.05) is 33.8 Å². The number of nitrogens with one attached hydrogen (secondary N) is 2. The summed E-state index contributed by atoms with van der Waals surface area (Å²) in [5.41, 5.74) is 0.282. The van der Waals surface area contributed by atoms with Crippen LogP contribution < -0.4 is 15.4 Å². The molecule has 24 heavy (non-hydrogen) atoms. The Hall–Kier alpha value is -1.64. The van der Waals surface area contributed by atoms with Gasteiger partial charge in [-0.1, -0.05) is 13.8 Å². The minimum atomic E-state index is -3.72. The van der Waals surface area contributed by atoms with Crippen LogP contribution in [0, 0.1) is 0 Å². The molecular formula is C16H27N3O4S. The third-order valence-corrected chi connectivity index (χ3v) is 5.88. The lowest BCUT2D eigenvalue weighted by Crippen LogP contribution is -2.37. The van der Waals surface area contributed by atoms with Crippen molar-refractivity contribution >= 4 is 15.9 Å². The zero-order valence-corrected chi connectivity index (χ0v) is 15.7. The highest BCUT2D eigenvalue weighted by molar-refractivity contribution is 7.89. The molecule has 7 nitrogen and oxygen atoms in total.